The van der Waals surface area contributed by atoms with Crippen LogP contribution in [0.1, 0.15) is 49.0 Å². The van der Waals surface area contributed by atoms with Crippen molar-refractivity contribution < 1.29 is 38.1 Å². The highest BCUT2D eigenvalue weighted by molar-refractivity contribution is 6.01. The first-order chi connectivity index (χ1) is 19.4. The number of hydrogen-bond acceptors (Lipinski definition) is 7. The van der Waals surface area contributed by atoms with Crippen molar-refractivity contribution in [2.75, 3.05) is 26.8 Å². The zero-order valence-electron chi connectivity index (χ0n) is 23.6. The molecule has 0 spiro atoms. The number of rotatable bonds is 5. The fourth-order valence-electron chi connectivity index (χ4n) is 9.81. The number of aliphatic hydroxyl groups excluding tert-OH is 2. The normalized spacial score (nSPS) is 43.0. The summed E-state index contributed by atoms with van der Waals surface area (Å²) in [6.07, 6.45) is 1.10. The van der Waals surface area contributed by atoms with Gasteiger partial charge in [-0.25, -0.2) is 13.6 Å². The first-order valence-corrected chi connectivity index (χ1v) is 14.4. The molecule has 2 N–H and O–H groups in total. The lowest BCUT2D eigenvalue weighted by Gasteiger charge is -2.63. The van der Waals surface area contributed by atoms with E-state index in [0.29, 0.717) is 31.6 Å². The molecule has 1 heterocycles. The third-order valence-electron chi connectivity index (χ3n) is 11.6. The number of likely N-dealkylation sites (tertiary alicyclic amines) is 1. The van der Waals surface area contributed by atoms with Crippen LogP contribution < -0.4 is 0 Å². The van der Waals surface area contributed by atoms with Crippen LogP contribution in [0.25, 0.3) is 0 Å². The van der Waals surface area contributed by atoms with Crippen LogP contribution in [0.5, 0.6) is 0 Å². The molecule has 4 aliphatic carbocycles. The van der Waals surface area contributed by atoms with E-state index in [4.69, 9.17) is 4.74 Å². The van der Waals surface area contributed by atoms with Crippen molar-refractivity contribution in [3.8, 4) is 0 Å². The third kappa shape index (κ3) is 3.61. The zero-order valence-corrected chi connectivity index (χ0v) is 23.6. The average Bonchev–Trinajstić information content (AvgIpc) is 3.42. The van der Waals surface area contributed by atoms with E-state index in [-0.39, 0.29) is 30.1 Å². The van der Waals surface area contributed by atoms with Gasteiger partial charge in [0.2, 0.25) is 0 Å². The second-order valence-electron chi connectivity index (χ2n) is 13.2. The van der Waals surface area contributed by atoms with Gasteiger partial charge in [-0.2, -0.15) is 0 Å². The molecule has 3 saturated carbocycles. The van der Waals surface area contributed by atoms with Crippen LogP contribution in [-0.2, 0) is 20.9 Å². The predicted molar refractivity (Wildman–Crippen MR) is 145 cm³/mol. The lowest BCUT2D eigenvalue weighted by molar-refractivity contribution is -0.212. The minimum atomic E-state index is -2.21. The molecule has 220 valence electrons. The standard InChI is InChI=1S/C32H37F2NO6/c1-29-8-7-21(37)11-24(29)25(33)12-23-22-10-20-15-35(14-18-5-4-6-19(9-18)28(40)41-3)17-31(20,27(39)16-36)30(22,2)13-26(38)32(23,29)34/h4-9,11,20,22-23,25-26,36,38H,10,12-17H2,1-3H3/t20-,22-,23-,25-,26-,29-,30-,31+,32-/m0/s1. The second kappa shape index (κ2) is 9.38. The van der Waals surface area contributed by atoms with Gasteiger partial charge >= 0.3 is 5.97 Å². The summed E-state index contributed by atoms with van der Waals surface area (Å²) in [5.41, 5.74) is -4.25. The van der Waals surface area contributed by atoms with Gasteiger partial charge in [0.15, 0.2) is 17.2 Å². The summed E-state index contributed by atoms with van der Waals surface area (Å²) >= 11 is 0. The predicted octanol–water partition coefficient (Wildman–Crippen LogP) is 3.38. The van der Waals surface area contributed by atoms with Crippen molar-refractivity contribution in [3.05, 3.63) is 59.2 Å². The smallest absolute Gasteiger partial charge is 0.337 e. The fourth-order valence-corrected chi connectivity index (χ4v) is 9.81. The third-order valence-corrected chi connectivity index (χ3v) is 11.6. The summed E-state index contributed by atoms with van der Waals surface area (Å²) in [6, 6.07) is 7.09. The maximum atomic E-state index is 17.5. The van der Waals surface area contributed by atoms with E-state index in [1.807, 2.05) is 13.0 Å². The number of aliphatic hydroxyl groups is 2. The number of nitrogens with zero attached hydrogens (tertiary/aromatic N) is 1. The summed E-state index contributed by atoms with van der Waals surface area (Å²) in [6.45, 7) is 4.09. The summed E-state index contributed by atoms with van der Waals surface area (Å²) in [7, 11) is 1.32. The van der Waals surface area contributed by atoms with E-state index in [1.54, 1.807) is 25.1 Å². The van der Waals surface area contributed by atoms with Crippen molar-refractivity contribution in [2.24, 2.45) is 34.0 Å². The van der Waals surface area contributed by atoms with Gasteiger partial charge in [0.25, 0.3) is 0 Å². The van der Waals surface area contributed by atoms with Crippen molar-refractivity contribution >= 4 is 17.5 Å². The van der Waals surface area contributed by atoms with Crippen LogP contribution in [0.4, 0.5) is 8.78 Å². The highest BCUT2D eigenvalue weighted by atomic mass is 19.1. The van der Waals surface area contributed by atoms with Crippen LogP contribution >= 0.6 is 0 Å². The molecule has 1 saturated heterocycles. The highest BCUT2D eigenvalue weighted by Crippen LogP contribution is 2.74. The van der Waals surface area contributed by atoms with E-state index in [1.165, 1.54) is 25.3 Å². The van der Waals surface area contributed by atoms with Gasteiger partial charge in [-0.3, -0.25) is 14.5 Å². The molecule has 0 aromatic heterocycles. The molecule has 9 heteroatoms. The summed E-state index contributed by atoms with van der Waals surface area (Å²) < 4.78 is 38.1. The number of hydrogen-bond donors (Lipinski definition) is 2. The molecule has 0 amide bonds. The van der Waals surface area contributed by atoms with Gasteiger partial charge in [0.1, 0.15) is 12.8 Å². The Labute approximate surface area is 238 Å². The first-order valence-electron chi connectivity index (χ1n) is 14.4. The van der Waals surface area contributed by atoms with E-state index >= 15 is 8.78 Å². The highest BCUT2D eigenvalue weighted by Gasteiger charge is 2.78. The van der Waals surface area contributed by atoms with Crippen molar-refractivity contribution in [1.82, 2.24) is 4.90 Å². The molecule has 7 nitrogen and oxygen atoms in total. The molecule has 6 rings (SSSR count). The number of methoxy groups -OCH3 is 1. The topological polar surface area (TPSA) is 104 Å². The maximum Gasteiger partial charge on any atom is 0.337 e. The average molecular weight is 570 g/mol. The van der Waals surface area contributed by atoms with Gasteiger partial charge in [-0.15, -0.1) is 0 Å². The van der Waals surface area contributed by atoms with E-state index in [2.05, 4.69) is 4.90 Å². The largest absolute Gasteiger partial charge is 0.465 e. The Morgan fingerprint density at radius 1 is 1.20 bits per heavy atom. The number of allylic oxidation sites excluding steroid dienone is 4. The van der Waals surface area contributed by atoms with Gasteiger partial charge in [-0.1, -0.05) is 25.1 Å². The lowest BCUT2D eigenvalue weighted by Crippen LogP contribution is -2.69. The molecule has 1 aromatic rings. The number of fused-ring (bicyclic) bond motifs is 7. The van der Waals surface area contributed by atoms with Crippen LogP contribution in [0.15, 0.2) is 48.1 Å². The van der Waals surface area contributed by atoms with Gasteiger partial charge in [-0.05, 0) is 78.9 Å². The summed E-state index contributed by atoms with van der Waals surface area (Å²) in [4.78, 5) is 40.0. The van der Waals surface area contributed by atoms with Crippen LogP contribution in [-0.4, -0.2) is 77.4 Å². The van der Waals surface area contributed by atoms with Gasteiger partial charge in [0, 0.05) is 31.0 Å². The number of halogens is 2. The molecule has 0 bridgehead atoms. The Bertz CT molecular complexity index is 1380. The summed E-state index contributed by atoms with van der Waals surface area (Å²) in [5.74, 6) is -2.66. The molecule has 9 atom stereocenters. The maximum absolute atomic E-state index is 17.5. The Hall–Kier alpha value is -2.75. The monoisotopic (exact) mass is 569 g/mol. The molecule has 4 fully saturated rings. The SMILES string of the molecule is COC(=O)c1cccc(CN2C[C@@H]3C[C@H]4[C@@H]5C[C@H](F)C6=CC(=O)C=C[C@]6(C)[C@@]5(F)[C@@H](O)C[C@]4(C)[C@]3(C(=O)CO)C2)c1. The van der Waals surface area contributed by atoms with E-state index < -0.39 is 64.4 Å². The Kier molecular flexibility index (Phi) is 6.49. The number of Topliss-reactive ketones (excluding diaryl/α,β-unsaturated/α-hetero) is 1. The number of esters is 1. The first kappa shape index (κ1) is 28.4. The van der Waals surface area contributed by atoms with Crippen molar-refractivity contribution in [1.29, 1.82) is 0 Å². The minimum absolute atomic E-state index is 0.0137. The molecule has 1 aliphatic heterocycles. The number of ketones is 2. The number of benzene rings is 1. The Balaban J connectivity index is 1.36. The molecule has 0 unspecified atom stereocenters. The Morgan fingerprint density at radius 3 is 2.66 bits per heavy atom. The quantitative estimate of drug-likeness (QED) is 0.524. The number of carbonyl (C=O) groups is 3. The van der Waals surface area contributed by atoms with Crippen molar-refractivity contribution in [2.45, 2.75) is 57.6 Å². The molecule has 0 radical (unpaired) electrons. The Morgan fingerprint density at radius 2 is 1.95 bits per heavy atom. The molecular weight excluding hydrogens is 532 g/mol. The molecule has 5 aliphatic rings. The lowest BCUT2D eigenvalue weighted by atomic mass is 9.43. The molecule has 1 aromatic carbocycles. The number of ether oxygens (including phenoxy) is 1. The van der Waals surface area contributed by atoms with E-state index in [0.717, 1.165) is 5.56 Å². The molecular formula is C32H37F2NO6. The zero-order chi connectivity index (χ0) is 29.5. The van der Waals surface area contributed by atoms with E-state index in [9.17, 15) is 24.6 Å². The number of carbonyl (C=O) groups excluding carboxylic acids is 3. The molecule has 41 heavy (non-hydrogen) atoms. The summed E-state index contributed by atoms with van der Waals surface area (Å²) in [5, 5.41) is 21.8. The van der Waals surface area contributed by atoms with Crippen LogP contribution in [0, 0.1) is 34.0 Å². The van der Waals surface area contributed by atoms with Crippen LogP contribution in [0.3, 0.4) is 0 Å². The van der Waals surface area contributed by atoms with Gasteiger partial charge < -0.3 is 14.9 Å². The van der Waals surface area contributed by atoms with Crippen LogP contribution in [0.2, 0.25) is 0 Å². The van der Waals surface area contributed by atoms with Crippen molar-refractivity contribution in [3.63, 3.8) is 0 Å². The fraction of sp³-hybridized carbons (Fsp3) is 0.594. The second-order valence-corrected chi connectivity index (χ2v) is 13.2. The number of alkyl halides is 2. The van der Waals surface area contributed by atoms with Gasteiger partial charge in [0.05, 0.1) is 24.2 Å². The minimum Gasteiger partial charge on any atom is -0.465 e.